The van der Waals surface area contributed by atoms with Crippen LogP contribution in [-0.4, -0.2) is 19.5 Å². The van der Waals surface area contributed by atoms with Gasteiger partial charge in [-0.05, 0) is 77.7 Å². The van der Waals surface area contributed by atoms with Gasteiger partial charge in [0.2, 0.25) is 0 Å². The first kappa shape index (κ1) is 17.5. The highest BCUT2D eigenvalue weighted by Gasteiger charge is 2.21. The maximum absolute atomic E-state index is 12.7. The van der Waals surface area contributed by atoms with Crippen molar-refractivity contribution in [2.24, 2.45) is 0 Å². The summed E-state index contributed by atoms with van der Waals surface area (Å²) in [6.07, 6.45) is 0. The Balaban J connectivity index is 2.53. The van der Waals surface area contributed by atoms with E-state index in [1.807, 2.05) is 6.92 Å². The number of carboxylic acid groups (broad SMARTS) is 1. The first-order valence-corrected chi connectivity index (χ1v) is 9.03. The van der Waals surface area contributed by atoms with E-state index in [4.69, 9.17) is 5.11 Å². The Morgan fingerprint density at radius 1 is 1.13 bits per heavy atom. The Bertz CT molecular complexity index is 891. The van der Waals surface area contributed by atoms with E-state index in [1.165, 1.54) is 12.1 Å². The van der Waals surface area contributed by atoms with E-state index in [-0.39, 0.29) is 10.5 Å². The number of nitrogens with one attached hydrogen (secondary N) is 1. The minimum atomic E-state index is -3.90. The fourth-order valence-corrected chi connectivity index (χ4v) is 4.28. The molecule has 0 heterocycles. The summed E-state index contributed by atoms with van der Waals surface area (Å²) in [5.74, 6) is -1.17. The predicted octanol–water partition coefficient (Wildman–Crippen LogP) is 3.87. The number of aromatic carboxylic acids is 1. The summed E-state index contributed by atoms with van der Waals surface area (Å²) in [5, 5.41) is 9.13. The van der Waals surface area contributed by atoms with Crippen LogP contribution >= 0.6 is 15.9 Å². The molecule has 0 bridgehead atoms. The third-order valence-corrected chi connectivity index (χ3v) is 5.67. The van der Waals surface area contributed by atoms with Gasteiger partial charge in [0.1, 0.15) is 0 Å². The van der Waals surface area contributed by atoms with Gasteiger partial charge in [0.15, 0.2) is 0 Å². The van der Waals surface area contributed by atoms with Crippen molar-refractivity contribution in [1.29, 1.82) is 0 Å². The van der Waals surface area contributed by atoms with Crippen molar-refractivity contribution >= 4 is 37.6 Å². The molecule has 122 valence electrons. The van der Waals surface area contributed by atoms with E-state index in [0.29, 0.717) is 21.3 Å². The maximum Gasteiger partial charge on any atom is 0.335 e. The Hall–Kier alpha value is -1.86. The van der Waals surface area contributed by atoms with Gasteiger partial charge >= 0.3 is 5.97 Å². The average Bonchev–Trinajstić information content (AvgIpc) is 2.44. The number of benzene rings is 2. The molecule has 2 aromatic rings. The van der Waals surface area contributed by atoms with Gasteiger partial charge in [-0.25, -0.2) is 13.2 Å². The molecule has 0 radical (unpaired) electrons. The second kappa shape index (κ2) is 6.33. The number of sulfonamides is 1. The summed E-state index contributed by atoms with van der Waals surface area (Å²) in [6.45, 7) is 5.23. The van der Waals surface area contributed by atoms with Gasteiger partial charge in [-0.3, -0.25) is 4.72 Å². The molecule has 23 heavy (non-hydrogen) atoms. The molecule has 0 unspecified atom stereocenters. The average molecular weight is 398 g/mol. The van der Waals surface area contributed by atoms with Crippen LogP contribution in [0.1, 0.15) is 27.0 Å². The van der Waals surface area contributed by atoms with Crippen LogP contribution in [0.4, 0.5) is 5.69 Å². The van der Waals surface area contributed by atoms with Crippen LogP contribution in [0.25, 0.3) is 0 Å². The number of hydrogen-bond acceptors (Lipinski definition) is 3. The quantitative estimate of drug-likeness (QED) is 0.819. The van der Waals surface area contributed by atoms with Gasteiger partial charge in [-0.1, -0.05) is 6.07 Å². The van der Waals surface area contributed by atoms with Crippen molar-refractivity contribution < 1.29 is 18.3 Å². The van der Waals surface area contributed by atoms with Crippen LogP contribution in [0.3, 0.4) is 0 Å². The molecule has 0 saturated carbocycles. The largest absolute Gasteiger partial charge is 0.478 e. The van der Waals surface area contributed by atoms with Gasteiger partial charge in [0, 0.05) is 4.47 Å². The molecule has 0 spiro atoms. The lowest BCUT2D eigenvalue weighted by atomic mass is 10.1. The molecule has 7 heteroatoms. The summed E-state index contributed by atoms with van der Waals surface area (Å²) in [6, 6.07) is 7.87. The summed E-state index contributed by atoms with van der Waals surface area (Å²) in [4.78, 5) is 11.1. The molecule has 5 nitrogen and oxygen atoms in total. The molecule has 2 rings (SSSR count). The zero-order chi connectivity index (χ0) is 17.4. The standard InChI is InChI=1S/C16H16BrNO4S/c1-9-4-5-14(13(17)6-9)18-23(21,22)15-8-12(16(19)20)7-10(2)11(15)3/h4-8,18H,1-3H3,(H,19,20). The zero-order valence-corrected chi connectivity index (χ0v) is 15.2. The third-order valence-electron chi connectivity index (χ3n) is 3.53. The predicted molar refractivity (Wildman–Crippen MR) is 92.6 cm³/mol. The molecule has 0 amide bonds. The topological polar surface area (TPSA) is 83.5 Å². The van der Waals surface area contributed by atoms with Crippen LogP contribution in [-0.2, 0) is 10.0 Å². The highest BCUT2D eigenvalue weighted by atomic mass is 79.9. The summed E-state index contributed by atoms with van der Waals surface area (Å²) in [7, 11) is -3.90. The maximum atomic E-state index is 12.7. The van der Waals surface area contributed by atoms with Crippen molar-refractivity contribution in [1.82, 2.24) is 0 Å². The van der Waals surface area contributed by atoms with Gasteiger partial charge in [0.25, 0.3) is 10.0 Å². The smallest absolute Gasteiger partial charge is 0.335 e. The van der Waals surface area contributed by atoms with Crippen molar-refractivity contribution in [2.75, 3.05) is 4.72 Å². The monoisotopic (exact) mass is 397 g/mol. The second-order valence-corrected chi connectivity index (χ2v) is 7.82. The second-order valence-electron chi connectivity index (χ2n) is 5.31. The van der Waals surface area contributed by atoms with Crippen LogP contribution in [0.15, 0.2) is 39.7 Å². The lowest BCUT2D eigenvalue weighted by Gasteiger charge is -2.14. The summed E-state index contributed by atoms with van der Waals surface area (Å²) < 4.78 is 28.4. The first-order valence-electron chi connectivity index (χ1n) is 6.75. The van der Waals surface area contributed by atoms with E-state index >= 15 is 0 Å². The van der Waals surface area contributed by atoms with Gasteiger partial charge in [-0.15, -0.1) is 0 Å². The number of anilines is 1. The lowest BCUT2D eigenvalue weighted by molar-refractivity contribution is 0.0696. The molecule has 0 aliphatic heterocycles. The molecular weight excluding hydrogens is 382 g/mol. The fourth-order valence-electron chi connectivity index (χ4n) is 2.13. The third kappa shape index (κ3) is 3.73. The molecule has 2 aromatic carbocycles. The Morgan fingerprint density at radius 3 is 2.35 bits per heavy atom. The molecule has 2 N–H and O–H groups in total. The molecule has 0 saturated heterocycles. The Morgan fingerprint density at radius 2 is 1.78 bits per heavy atom. The number of rotatable bonds is 4. The van der Waals surface area contributed by atoms with E-state index < -0.39 is 16.0 Å². The van der Waals surface area contributed by atoms with Crippen LogP contribution < -0.4 is 4.72 Å². The van der Waals surface area contributed by atoms with E-state index in [9.17, 15) is 13.2 Å². The van der Waals surface area contributed by atoms with Crippen LogP contribution in [0, 0.1) is 20.8 Å². The highest BCUT2D eigenvalue weighted by molar-refractivity contribution is 9.10. The van der Waals surface area contributed by atoms with Crippen LogP contribution in [0.2, 0.25) is 0 Å². The molecular formula is C16H16BrNO4S. The number of carbonyl (C=O) groups is 1. The normalized spacial score (nSPS) is 11.3. The highest BCUT2D eigenvalue weighted by Crippen LogP contribution is 2.28. The van der Waals surface area contributed by atoms with Crippen molar-refractivity contribution in [2.45, 2.75) is 25.7 Å². The number of carboxylic acids is 1. The molecule has 0 aromatic heterocycles. The summed E-state index contributed by atoms with van der Waals surface area (Å²) >= 11 is 3.32. The first-order chi connectivity index (χ1) is 10.6. The van der Waals surface area contributed by atoms with Gasteiger partial charge in [0.05, 0.1) is 16.1 Å². The van der Waals surface area contributed by atoms with Crippen molar-refractivity contribution in [3.05, 3.63) is 57.1 Å². The van der Waals surface area contributed by atoms with E-state index in [2.05, 4.69) is 20.7 Å². The number of hydrogen-bond donors (Lipinski definition) is 2. The number of aryl methyl sites for hydroxylation is 2. The minimum absolute atomic E-state index is 0.0395. The lowest BCUT2D eigenvalue weighted by Crippen LogP contribution is -2.16. The molecule has 0 atom stereocenters. The zero-order valence-electron chi connectivity index (χ0n) is 12.8. The van der Waals surface area contributed by atoms with Crippen molar-refractivity contribution in [3.8, 4) is 0 Å². The van der Waals surface area contributed by atoms with Gasteiger partial charge in [-0.2, -0.15) is 0 Å². The Kier molecular flexibility index (Phi) is 4.81. The van der Waals surface area contributed by atoms with Crippen molar-refractivity contribution in [3.63, 3.8) is 0 Å². The minimum Gasteiger partial charge on any atom is -0.478 e. The Labute approximate surface area is 143 Å². The summed E-state index contributed by atoms with van der Waals surface area (Å²) in [5.41, 5.74) is 2.45. The molecule has 0 fully saturated rings. The fraction of sp³-hybridized carbons (Fsp3) is 0.188. The van der Waals surface area contributed by atoms with Gasteiger partial charge < -0.3 is 5.11 Å². The van der Waals surface area contributed by atoms with E-state index in [0.717, 1.165) is 5.56 Å². The SMILES string of the molecule is Cc1ccc(NS(=O)(=O)c2cc(C(=O)O)cc(C)c2C)c(Br)c1. The van der Waals surface area contributed by atoms with Crippen LogP contribution in [0.5, 0.6) is 0 Å². The van der Waals surface area contributed by atoms with E-state index in [1.54, 1.807) is 32.0 Å². The molecule has 0 aliphatic carbocycles. The molecule has 0 aliphatic rings. The number of halogens is 1.